The number of fused-ring (bicyclic) bond motifs is 1. The molecule has 1 aromatic heterocycles. The molecule has 1 aliphatic rings. The first-order valence-electron chi connectivity index (χ1n) is 6.40. The maximum Gasteiger partial charge on any atom is 0.319 e. The van der Waals surface area contributed by atoms with Crippen molar-refractivity contribution in [1.29, 1.82) is 0 Å². The van der Waals surface area contributed by atoms with Crippen LogP contribution in [0.4, 0.5) is 0 Å². The van der Waals surface area contributed by atoms with E-state index in [9.17, 15) is 4.79 Å². The summed E-state index contributed by atoms with van der Waals surface area (Å²) in [6.07, 6.45) is 1.62. The molecule has 0 amide bonds. The first kappa shape index (κ1) is 12.7. The summed E-state index contributed by atoms with van der Waals surface area (Å²) in [6, 6.07) is 4.01. The number of nitrogens with zero attached hydrogens (tertiary/aromatic N) is 1. The van der Waals surface area contributed by atoms with Gasteiger partial charge in [0.15, 0.2) is 0 Å². The van der Waals surface area contributed by atoms with Crippen LogP contribution in [-0.4, -0.2) is 22.5 Å². The number of halogens is 1. The second-order valence-electron chi connectivity index (χ2n) is 5.01. The van der Waals surface area contributed by atoms with Crippen molar-refractivity contribution in [3.05, 3.63) is 28.0 Å². The van der Waals surface area contributed by atoms with Crippen LogP contribution in [0.3, 0.4) is 0 Å². The molecule has 19 heavy (non-hydrogen) atoms. The van der Waals surface area contributed by atoms with Crippen LogP contribution in [0.5, 0.6) is 0 Å². The van der Waals surface area contributed by atoms with E-state index in [0.29, 0.717) is 6.61 Å². The Morgan fingerprint density at radius 3 is 2.89 bits per heavy atom. The van der Waals surface area contributed by atoms with Gasteiger partial charge in [-0.1, -0.05) is 15.9 Å². The molecular formula is C14H15BrN2O2. The van der Waals surface area contributed by atoms with Crippen LogP contribution in [0, 0.1) is 6.92 Å². The van der Waals surface area contributed by atoms with Gasteiger partial charge in [-0.15, -0.1) is 0 Å². The molecule has 0 aliphatic heterocycles. The van der Waals surface area contributed by atoms with E-state index in [1.807, 2.05) is 26.0 Å². The van der Waals surface area contributed by atoms with E-state index >= 15 is 0 Å². The molecule has 0 spiro atoms. The molecule has 3 rings (SSSR count). The van der Waals surface area contributed by atoms with Gasteiger partial charge in [0, 0.05) is 4.47 Å². The highest BCUT2D eigenvalue weighted by Crippen LogP contribution is 2.48. The smallest absolute Gasteiger partial charge is 0.319 e. The minimum Gasteiger partial charge on any atom is -0.465 e. The number of aryl methyl sites for hydroxylation is 1. The molecule has 1 N–H and O–H groups in total. The van der Waals surface area contributed by atoms with Crippen LogP contribution in [0.25, 0.3) is 11.0 Å². The summed E-state index contributed by atoms with van der Waals surface area (Å²) in [5, 5.41) is 0. The fraction of sp³-hybridized carbons (Fsp3) is 0.429. The van der Waals surface area contributed by atoms with Crippen molar-refractivity contribution in [3.63, 3.8) is 0 Å². The number of nitrogens with one attached hydrogen (secondary N) is 1. The highest BCUT2D eigenvalue weighted by atomic mass is 79.9. The van der Waals surface area contributed by atoms with Crippen molar-refractivity contribution in [3.8, 4) is 0 Å². The molecule has 0 unspecified atom stereocenters. The zero-order valence-electron chi connectivity index (χ0n) is 10.9. The summed E-state index contributed by atoms with van der Waals surface area (Å²) < 4.78 is 6.17. The lowest BCUT2D eigenvalue weighted by molar-refractivity contribution is -0.146. The number of hydrogen-bond donors (Lipinski definition) is 1. The molecule has 1 fully saturated rings. The molecule has 0 atom stereocenters. The molecule has 1 heterocycles. The van der Waals surface area contributed by atoms with Gasteiger partial charge in [0.2, 0.25) is 0 Å². The van der Waals surface area contributed by atoms with Gasteiger partial charge in [-0.3, -0.25) is 4.79 Å². The maximum absolute atomic E-state index is 12.1. The molecule has 1 aliphatic carbocycles. The largest absolute Gasteiger partial charge is 0.465 e. The van der Waals surface area contributed by atoms with E-state index in [1.165, 1.54) is 0 Å². The fourth-order valence-corrected chi connectivity index (χ4v) is 2.98. The van der Waals surface area contributed by atoms with Gasteiger partial charge in [0.25, 0.3) is 0 Å². The molecule has 1 saturated carbocycles. The number of aromatic nitrogens is 2. The highest BCUT2D eigenvalue weighted by Gasteiger charge is 2.55. The predicted octanol–water partition coefficient (Wildman–Crippen LogP) is 3.23. The van der Waals surface area contributed by atoms with Gasteiger partial charge < -0.3 is 9.72 Å². The van der Waals surface area contributed by atoms with Crippen molar-refractivity contribution in [2.75, 3.05) is 6.61 Å². The summed E-state index contributed by atoms with van der Waals surface area (Å²) in [7, 11) is 0. The first-order chi connectivity index (χ1) is 9.06. The third kappa shape index (κ3) is 1.96. The highest BCUT2D eigenvalue weighted by molar-refractivity contribution is 9.10. The van der Waals surface area contributed by atoms with Gasteiger partial charge in [-0.2, -0.15) is 0 Å². The van der Waals surface area contributed by atoms with Crippen molar-refractivity contribution < 1.29 is 9.53 Å². The maximum atomic E-state index is 12.1. The number of aromatic amines is 1. The first-order valence-corrected chi connectivity index (χ1v) is 7.20. The van der Waals surface area contributed by atoms with Gasteiger partial charge >= 0.3 is 5.97 Å². The Hall–Kier alpha value is -1.36. The minimum atomic E-state index is -0.534. The normalized spacial score (nSPS) is 16.6. The van der Waals surface area contributed by atoms with E-state index in [2.05, 4.69) is 25.9 Å². The Bertz CT molecular complexity index is 659. The average molecular weight is 323 g/mol. The Balaban J connectivity index is 2.07. The molecular weight excluding hydrogens is 308 g/mol. The van der Waals surface area contributed by atoms with Gasteiger partial charge in [0.1, 0.15) is 11.2 Å². The molecule has 100 valence electrons. The van der Waals surface area contributed by atoms with Crippen molar-refractivity contribution in [2.24, 2.45) is 0 Å². The topological polar surface area (TPSA) is 55.0 Å². The third-order valence-electron chi connectivity index (χ3n) is 3.61. The van der Waals surface area contributed by atoms with Gasteiger partial charge in [-0.25, -0.2) is 4.98 Å². The Morgan fingerprint density at radius 2 is 2.26 bits per heavy atom. The molecule has 5 heteroatoms. The van der Waals surface area contributed by atoms with Crippen LogP contribution in [-0.2, 0) is 14.9 Å². The quantitative estimate of drug-likeness (QED) is 0.883. The molecule has 0 saturated heterocycles. The number of ether oxygens (including phenoxy) is 1. The molecule has 2 aromatic rings. The van der Waals surface area contributed by atoms with Gasteiger partial charge in [-0.05, 0) is 44.4 Å². The van der Waals surface area contributed by atoms with Crippen LogP contribution < -0.4 is 0 Å². The standard InChI is InChI=1S/C14H15BrN2O2/c1-3-19-13(18)14(4-5-14)12-16-10-7-9(15)6-8(2)11(10)17-12/h6-7H,3-5H2,1-2H3,(H,16,17). The molecule has 1 aromatic carbocycles. The monoisotopic (exact) mass is 322 g/mol. The summed E-state index contributed by atoms with van der Waals surface area (Å²) in [5.74, 6) is 0.577. The number of hydrogen-bond acceptors (Lipinski definition) is 3. The predicted molar refractivity (Wildman–Crippen MR) is 76.1 cm³/mol. The minimum absolute atomic E-state index is 0.161. The van der Waals surface area contributed by atoms with E-state index in [-0.39, 0.29) is 5.97 Å². The van der Waals surface area contributed by atoms with Crippen LogP contribution in [0.15, 0.2) is 16.6 Å². The number of carbonyl (C=O) groups is 1. The summed E-state index contributed by atoms with van der Waals surface area (Å²) in [4.78, 5) is 20.0. The zero-order chi connectivity index (χ0) is 13.6. The lowest BCUT2D eigenvalue weighted by Gasteiger charge is -2.10. The summed E-state index contributed by atoms with van der Waals surface area (Å²) >= 11 is 3.47. The molecule has 0 bridgehead atoms. The van der Waals surface area contributed by atoms with E-state index in [1.54, 1.807) is 0 Å². The van der Waals surface area contributed by atoms with E-state index in [4.69, 9.17) is 4.74 Å². The SMILES string of the molecule is CCOC(=O)C1(c2nc3c(C)cc(Br)cc3[nH]2)CC1. The zero-order valence-corrected chi connectivity index (χ0v) is 12.5. The van der Waals surface area contributed by atoms with Gasteiger partial charge in [0.05, 0.1) is 17.6 Å². The number of carbonyl (C=O) groups excluding carboxylic acids is 1. The lowest BCUT2D eigenvalue weighted by Crippen LogP contribution is -2.24. The second kappa shape index (κ2) is 4.34. The summed E-state index contributed by atoms with van der Waals surface area (Å²) in [6.45, 7) is 4.25. The van der Waals surface area contributed by atoms with Crippen LogP contribution >= 0.6 is 15.9 Å². The van der Waals surface area contributed by atoms with Crippen molar-refractivity contribution in [2.45, 2.75) is 32.1 Å². The number of esters is 1. The second-order valence-corrected chi connectivity index (χ2v) is 5.92. The van der Waals surface area contributed by atoms with Crippen LogP contribution in [0.1, 0.15) is 31.2 Å². The fourth-order valence-electron chi connectivity index (χ4n) is 2.41. The number of rotatable bonds is 3. The Labute approximate surface area is 119 Å². The number of benzene rings is 1. The number of H-pyrrole nitrogens is 1. The third-order valence-corrected chi connectivity index (χ3v) is 4.07. The summed E-state index contributed by atoms with van der Waals surface area (Å²) in [5.41, 5.74) is 2.44. The number of imidazole rings is 1. The Kier molecular flexibility index (Phi) is 2.89. The lowest BCUT2D eigenvalue weighted by atomic mass is 10.1. The van der Waals surface area contributed by atoms with E-state index < -0.39 is 5.41 Å². The van der Waals surface area contributed by atoms with Crippen LogP contribution in [0.2, 0.25) is 0 Å². The average Bonchev–Trinajstić information content (AvgIpc) is 3.05. The molecule has 4 nitrogen and oxygen atoms in total. The molecule has 0 radical (unpaired) electrons. The van der Waals surface area contributed by atoms with Crippen molar-refractivity contribution >= 4 is 32.9 Å². The Morgan fingerprint density at radius 1 is 1.53 bits per heavy atom. The van der Waals surface area contributed by atoms with E-state index in [0.717, 1.165) is 39.7 Å². The van der Waals surface area contributed by atoms with Crippen molar-refractivity contribution in [1.82, 2.24) is 9.97 Å².